The standard InChI is InChI=1S/C38H34F3N5O5S/c1-44-33-22-31(51-36-16-12-29(23-42-36)43-52(48,49)35-8-4-6-27-5-2-3-7-32(27)35)15-11-28(33)21-34(44)37(47)46-19-17-45(18-20-46)24-26-9-13-30(14-10-26)50-25-38(39,40)41/h2-16,21-23,43H,17-20,24-25H2,1H3. The van der Waals surface area contributed by atoms with Crippen molar-refractivity contribution in [2.45, 2.75) is 17.6 Å². The van der Waals surface area contributed by atoms with Crippen LogP contribution in [0.15, 0.2) is 114 Å². The van der Waals surface area contributed by atoms with Crippen LogP contribution in [0.3, 0.4) is 0 Å². The topological polar surface area (TPSA) is 106 Å². The van der Waals surface area contributed by atoms with Gasteiger partial charge in [0.15, 0.2) is 6.61 Å². The van der Waals surface area contributed by atoms with E-state index in [4.69, 9.17) is 9.47 Å². The molecule has 52 heavy (non-hydrogen) atoms. The molecule has 7 rings (SSSR count). The number of halogens is 3. The molecule has 0 spiro atoms. The van der Waals surface area contributed by atoms with Gasteiger partial charge in [-0.2, -0.15) is 13.2 Å². The molecule has 1 aliphatic heterocycles. The molecule has 0 radical (unpaired) electrons. The number of carbonyl (C=O) groups excluding carboxylic acids is 1. The Morgan fingerprint density at radius 3 is 2.31 bits per heavy atom. The first-order chi connectivity index (χ1) is 24.9. The van der Waals surface area contributed by atoms with Crippen LogP contribution in [0.2, 0.25) is 0 Å². The number of aromatic nitrogens is 2. The van der Waals surface area contributed by atoms with Crippen molar-refractivity contribution in [1.29, 1.82) is 0 Å². The van der Waals surface area contributed by atoms with E-state index in [0.29, 0.717) is 49.6 Å². The lowest BCUT2D eigenvalue weighted by molar-refractivity contribution is -0.153. The summed E-state index contributed by atoms with van der Waals surface area (Å²) in [6, 6.07) is 29.4. The zero-order chi connectivity index (χ0) is 36.5. The maximum absolute atomic E-state index is 13.6. The van der Waals surface area contributed by atoms with Crippen molar-refractivity contribution >= 4 is 43.3 Å². The Bertz CT molecular complexity index is 2330. The Morgan fingerprint density at radius 2 is 1.58 bits per heavy atom. The summed E-state index contributed by atoms with van der Waals surface area (Å²) in [5.41, 5.74) is 2.56. The fourth-order valence-electron chi connectivity index (χ4n) is 6.23. The molecule has 10 nitrogen and oxygen atoms in total. The van der Waals surface area contributed by atoms with Crippen LogP contribution in [0, 0.1) is 0 Å². The molecular formula is C38H34F3N5O5S. The third-order valence-electron chi connectivity index (χ3n) is 8.88. The number of benzene rings is 4. The Hall–Kier alpha value is -5.60. The van der Waals surface area contributed by atoms with Crippen LogP contribution in [0.5, 0.6) is 17.4 Å². The largest absolute Gasteiger partial charge is 0.484 e. The lowest BCUT2D eigenvalue weighted by Crippen LogP contribution is -2.48. The number of anilines is 1. The average molecular weight is 730 g/mol. The van der Waals surface area contributed by atoms with Gasteiger partial charge in [-0.25, -0.2) is 13.4 Å². The predicted molar refractivity (Wildman–Crippen MR) is 191 cm³/mol. The van der Waals surface area contributed by atoms with Gasteiger partial charge in [-0.3, -0.25) is 14.4 Å². The van der Waals surface area contributed by atoms with Gasteiger partial charge in [0.2, 0.25) is 5.88 Å². The average Bonchev–Trinajstić information content (AvgIpc) is 3.46. The number of nitrogens with zero attached hydrogens (tertiary/aromatic N) is 4. The van der Waals surface area contributed by atoms with Crippen LogP contribution < -0.4 is 14.2 Å². The normalized spacial score (nSPS) is 14.1. The highest BCUT2D eigenvalue weighted by Crippen LogP contribution is 2.29. The summed E-state index contributed by atoms with van der Waals surface area (Å²) < 4.78 is 78.9. The number of pyridine rings is 1. The van der Waals surface area contributed by atoms with E-state index in [1.807, 2.05) is 52.9 Å². The van der Waals surface area contributed by atoms with E-state index in [1.165, 1.54) is 18.3 Å². The van der Waals surface area contributed by atoms with Crippen LogP contribution in [0.25, 0.3) is 21.7 Å². The highest BCUT2D eigenvalue weighted by Gasteiger charge is 2.28. The minimum absolute atomic E-state index is 0.0878. The number of alkyl halides is 3. The first-order valence-electron chi connectivity index (χ1n) is 16.5. The van der Waals surface area contributed by atoms with Crippen molar-refractivity contribution in [1.82, 2.24) is 19.4 Å². The minimum atomic E-state index is -4.39. The molecule has 1 fully saturated rings. The van der Waals surface area contributed by atoms with Crippen LogP contribution >= 0.6 is 0 Å². The third-order valence-corrected chi connectivity index (χ3v) is 10.3. The highest BCUT2D eigenvalue weighted by atomic mass is 32.2. The summed E-state index contributed by atoms with van der Waals surface area (Å²) in [6.45, 7) is 1.63. The molecule has 1 aliphatic rings. The summed E-state index contributed by atoms with van der Waals surface area (Å²) in [5, 5.41) is 2.31. The molecule has 3 heterocycles. The van der Waals surface area contributed by atoms with Crippen molar-refractivity contribution in [3.63, 3.8) is 0 Å². The van der Waals surface area contributed by atoms with E-state index in [1.54, 1.807) is 54.6 Å². The highest BCUT2D eigenvalue weighted by molar-refractivity contribution is 7.93. The van der Waals surface area contributed by atoms with E-state index in [0.717, 1.165) is 21.9 Å². The molecule has 1 amide bonds. The number of sulfonamides is 1. The van der Waals surface area contributed by atoms with Gasteiger partial charge in [0.25, 0.3) is 15.9 Å². The Labute approximate surface area is 298 Å². The number of ether oxygens (including phenoxy) is 2. The molecule has 0 atom stereocenters. The molecule has 14 heteroatoms. The Morgan fingerprint density at radius 1 is 0.846 bits per heavy atom. The number of hydrogen-bond acceptors (Lipinski definition) is 7. The van der Waals surface area contributed by atoms with Crippen molar-refractivity contribution in [3.8, 4) is 17.4 Å². The molecule has 0 bridgehead atoms. The number of nitrogens with one attached hydrogen (secondary N) is 1. The third kappa shape index (κ3) is 7.82. The summed E-state index contributed by atoms with van der Waals surface area (Å²) in [4.78, 5) is 22.1. The molecule has 1 saturated heterocycles. The molecule has 0 saturated carbocycles. The van der Waals surface area contributed by atoms with E-state index < -0.39 is 22.8 Å². The lowest BCUT2D eigenvalue weighted by Gasteiger charge is -2.34. The quantitative estimate of drug-likeness (QED) is 0.159. The minimum Gasteiger partial charge on any atom is -0.484 e. The predicted octanol–water partition coefficient (Wildman–Crippen LogP) is 7.22. The number of aryl methyl sites for hydroxylation is 1. The van der Waals surface area contributed by atoms with Gasteiger partial charge in [-0.05, 0) is 53.4 Å². The number of hydrogen-bond donors (Lipinski definition) is 1. The van der Waals surface area contributed by atoms with Crippen molar-refractivity contribution in [2.75, 3.05) is 37.5 Å². The van der Waals surface area contributed by atoms with Crippen LogP contribution in [-0.2, 0) is 23.6 Å². The van der Waals surface area contributed by atoms with Gasteiger partial charge < -0.3 is 18.9 Å². The van der Waals surface area contributed by atoms with Gasteiger partial charge in [0, 0.05) is 62.7 Å². The molecular weight excluding hydrogens is 696 g/mol. The zero-order valence-electron chi connectivity index (χ0n) is 28.0. The van der Waals surface area contributed by atoms with Gasteiger partial charge in [0.05, 0.1) is 22.3 Å². The maximum Gasteiger partial charge on any atom is 0.422 e. The van der Waals surface area contributed by atoms with Crippen LogP contribution in [0.4, 0.5) is 18.9 Å². The van der Waals surface area contributed by atoms with Gasteiger partial charge in [0.1, 0.15) is 17.2 Å². The number of amides is 1. The Balaban J connectivity index is 0.955. The first kappa shape index (κ1) is 34.8. The molecule has 0 aliphatic carbocycles. The molecule has 0 unspecified atom stereocenters. The van der Waals surface area contributed by atoms with Crippen LogP contribution in [-0.4, -0.2) is 72.6 Å². The molecule has 268 valence electrons. The molecule has 6 aromatic rings. The Kier molecular flexibility index (Phi) is 9.51. The second kappa shape index (κ2) is 14.2. The van der Waals surface area contributed by atoms with E-state index in [-0.39, 0.29) is 28.1 Å². The smallest absolute Gasteiger partial charge is 0.422 e. The summed E-state index contributed by atoms with van der Waals surface area (Å²) in [5.74, 6) is 0.839. The van der Waals surface area contributed by atoms with E-state index in [2.05, 4.69) is 14.6 Å². The number of piperazine rings is 1. The second-order valence-corrected chi connectivity index (χ2v) is 14.1. The second-order valence-electron chi connectivity index (χ2n) is 12.5. The van der Waals surface area contributed by atoms with E-state index >= 15 is 0 Å². The molecule has 1 N–H and O–H groups in total. The van der Waals surface area contributed by atoms with Crippen LogP contribution in [0.1, 0.15) is 16.1 Å². The monoisotopic (exact) mass is 729 g/mol. The fraction of sp³-hybridized carbons (Fsp3) is 0.211. The maximum atomic E-state index is 13.6. The SMILES string of the molecule is Cn1c(C(=O)N2CCN(Cc3ccc(OCC(F)(F)F)cc3)CC2)cc2ccc(Oc3ccc(NS(=O)(=O)c4cccc5ccccc45)cn3)cc21. The number of rotatable bonds is 10. The number of fused-ring (bicyclic) bond motifs is 2. The van der Waals surface area contributed by atoms with Crippen molar-refractivity contribution < 1.29 is 35.9 Å². The lowest BCUT2D eigenvalue weighted by atomic mass is 10.1. The summed E-state index contributed by atoms with van der Waals surface area (Å²) >= 11 is 0. The van der Waals surface area contributed by atoms with Crippen molar-refractivity contribution in [2.24, 2.45) is 7.05 Å². The fourth-order valence-corrected chi connectivity index (χ4v) is 7.50. The number of carbonyl (C=O) groups is 1. The summed E-state index contributed by atoms with van der Waals surface area (Å²) in [6.07, 6.45) is -3.00. The molecule has 4 aromatic carbocycles. The van der Waals surface area contributed by atoms with Gasteiger partial charge in [-0.15, -0.1) is 0 Å². The first-order valence-corrected chi connectivity index (χ1v) is 17.9. The van der Waals surface area contributed by atoms with Gasteiger partial charge in [-0.1, -0.05) is 48.5 Å². The van der Waals surface area contributed by atoms with Gasteiger partial charge >= 0.3 is 6.18 Å². The molecule has 2 aromatic heterocycles. The summed E-state index contributed by atoms with van der Waals surface area (Å²) in [7, 11) is -2.05. The van der Waals surface area contributed by atoms with E-state index in [9.17, 15) is 26.4 Å². The van der Waals surface area contributed by atoms with Crippen molar-refractivity contribution in [3.05, 3.63) is 121 Å². The zero-order valence-corrected chi connectivity index (χ0v) is 28.8.